The molecule has 116 valence electrons. The van der Waals surface area contributed by atoms with Crippen molar-refractivity contribution in [3.8, 4) is 11.6 Å². The summed E-state index contributed by atoms with van der Waals surface area (Å²) in [5.41, 5.74) is 8.31. The zero-order valence-corrected chi connectivity index (χ0v) is 13.2. The largest absolute Gasteiger partial charge is 0.437 e. The molecular weight excluding hydrogens is 312 g/mol. The van der Waals surface area contributed by atoms with Crippen molar-refractivity contribution in [1.82, 2.24) is 9.97 Å². The van der Waals surface area contributed by atoms with E-state index < -0.39 is 0 Å². The summed E-state index contributed by atoms with van der Waals surface area (Å²) in [5.74, 6) is 1.45. The second kappa shape index (κ2) is 6.54. The molecule has 0 atom stereocenters. The average Bonchev–Trinajstić information content (AvgIpc) is 2.54. The Balaban J connectivity index is 1.87. The lowest BCUT2D eigenvalue weighted by Crippen LogP contribution is -2.03. The third kappa shape index (κ3) is 3.52. The number of ether oxygens (including phenoxy) is 1. The molecule has 0 aliphatic carbocycles. The summed E-state index contributed by atoms with van der Waals surface area (Å²) in [7, 11) is 0. The minimum atomic E-state index is 0.306. The van der Waals surface area contributed by atoms with E-state index in [0.29, 0.717) is 28.2 Å². The van der Waals surface area contributed by atoms with Crippen molar-refractivity contribution in [2.24, 2.45) is 0 Å². The summed E-state index contributed by atoms with van der Waals surface area (Å²) >= 11 is 5.97. The Labute approximate surface area is 139 Å². The number of hydrogen-bond acceptors (Lipinski definition) is 5. The van der Waals surface area contributed by atoms with Crippen LogP contribution in [0.1, 0.15) is 5.56 Å². The van der Waals surface area contributed by atoms with Crippen molar-refractivity contribution >= 4 is 28.8 Å². The van der Waals surface area contributed by atoms with Crippen LogP contribution in [0, 0.1) is 6.92 Å². The van der Waals surface area contributed by atoms with E-state index >= 15 is 0 Å². The first-order valence-electron chi connectivity index (χ1n) is 7.00. The maximum absolute atomic E-state index is 6.12. The molecule has 0 saturated heterocycles. The average molecular weight is 327 g/mol. The van der Waals surface area contributed by atoms with Crippen LogP contribution in [-0.2, 0) is 0 Å². The van der Waals surface area contributed by atoms with Crippen LogP contribution in [0.25, 0.3) is 0 Å². The molecule has 3 N–H and O–H groups in total. The third-order valence-corrected chi connectivity index (χ3v) is 3.48. The fourth-order valence-corrected chi connectivity index (χ4v) is 2.28. The summed E-state index contributed by atoms with van der Waals surface area (Å²) in [6.45, 7) is 1.95. The summed E-state index contributed by atoms with van der Waals surface area (Å²) in [5, 5.41) is 3.86. The molecule has 0 aliphatic rings. The van der Waals surface area contributed by atoms with Gasteiger partial charge in [0.15, 0.2) is 5.82 Å². The number of nitrogens with two attached hydrogens (primary N) is 1. The highest BCUT2D eigenvalue weighted by Gasteiger charge is 2.11. The molecule has 0 fully saturated rings. The Kier molecular flexibility index (Phi) is 4.30. The van der Waals surface area contributed by atoms with E-state index in [1.807, 2.05) is 49.4 Å². The van der Waals surface area contributed by atoms with Crippen LogP contribution in [0.5, 0.6) is 11.6 Å². The molecule has 6 heteroatoms. The lowest BCUT2D eigenvalue weighted by molar-refractivity contribution is 0.464. The van der Waals surface area contributed by atoms with Crippen molar-refractivity contribution in [3.63, 3.8) is 0 Å². The van der Waals surface area contributed by atoms with Gasteiger partial charge in [0.25, 0.3) is 0 Å². The molecule has 0 radical (unpaired) electrons. The second-order valence-electron chi connectivity index (χ2n) is 4.94. The number of nitrogens with zero attached hydrogens (tertiary/aromatic N) is 2. The highest BCUT2D eigenvalue weighted by molar-refractivity contribution is 6.30. The Morgan fingerprint density at radius 1 is 1.09 bits per heavy atom. The smallest absolute Gasteiger partial charge is 0.248 e. The van der Waals surface area contributed by atoms with Gasteiger partial charge in [-0.25, -0.2) is 4.98 Å². The van der Waals surface area contributed by atoms with Crippen LogP contribution >= 0.6 is 11.6 Å². The molecule has 0 unspecified atom stereocenters. The Morgan fingerprint density at radius 2 is 1.87 bits per heavy atom. The number of nitrogen functional groups attached to an aromatic ring is 1. The number of rotatable bonds is 4. The van der Waals surface area contributed by atoms with Gasteiger partial charge >= 0.3 is 0 Å². The number of hydrogen-bond donors (Lipinski definition) is 2. The molecule has 3 aromatic rings. The van der Waals surface area contributed by atoms with Crippen LogP contribution in [0.3, 0.4) is 0 Å². The van der Waals surface area contributed by atoms with Gasteiger partial charge in [0.1, 0.15) is 17.8 Å². The van der Waals surface area contributed by atoms with E-state index in [1.54, 1.807) is 6.07 Å². The zero-order chi connectivity index (χ0) is 16.2. The van der Waals surface area contributed by atoms with Crippen LogP contribution in [-0.4, -0.2) is 9.97 Å². The molecule has 0 aliphatic heterocycles. The van der Waals surface area contributed by atoms with E-state index in [-0.39, 0.29) is 0 Å². The number of anilines is 3. The number of para-hydroxylation sites is 1. The monoisotopic (exact) mass is 326 g/mol. The van der Waals surface area contributed by atoms with Gasteiger partial charge in [0.05, 0.1) is 0 Å². The summed E-state index contributed by atoms with van der Waals surface area (Å²) in [6.07, 6.45) is 1.40. The van der Waals surface area contributed by atoms with E-state index in [4.69, 9.17) is 22.1 Å². The molecule has 2 aromatic carbocycles. The molecule has 0 bridgehead atoms. The van der Waals surface area contributed by atoms with Crippen molar-refractivity contribution in [2.75, 3.05) is 11.1 Å². The predicted octanol–water partition coefficient (Wildman–Crippen LogP) is 4.56. The lowest BCUT2D eigenvalue weighted by atomic mass is 10.2. The maximum atomic E-state index is 6.12. The molecule has 0 amide bonds. The van der Waals surface area contributed by atoms with E-state index in [1.165, 1.54) is 6.33 Å². The van der Waals surface area contributed by atoms with Crippen molar-refractivity contribution < 1.29 is 4.74 Å². The lowest BCUT2D eigenvalue weighted by Gasteiger charge is -2.13. The Hall–Kier alpha value is -2.79. The summed E-state index contributed by atoms with van der Waals surface area (Å²) in [6, 6.07) is 14.9. The van der Waals surface area contributed by atoms with Crippen LogP contribution < -0.4 is 15.8 Å². The van der Waals surface area contributed by atoms with E-state index in [0.717, 1.165) is 11.3 Å². The predicted molar refractivity (Wildman–Crippen MR) is 92.4 cm³/mol. The van der Waals surface area contributed by atoms with Gasteiger partial charge in [0, 0.05) is 10.7 Å². The Bertz CT molecular complexity index is 824. The standard InChI is InChI=1S/C17H15ClN4O/c1-11-9-12(18)7-8-14(11)22-16-15(19)17(21-10-20-16)23-13-5-3-2-4-6-13/h2-10H,19H2,1H3,(H,20,21,22). The number of benzene rings is 2. The molecule has 0 spiro atoms. The minimum absolute atomic E-state index is 0.306. The molecular formula is C17H15ClN4O. The Morgan fingerprint density at radius 3 is 2.61 bits per heavy atom. The van der Waals surface area contributed by atoms with Crippen molar-refractivity contribution in [1.29, 1.82) is 0 Å². The zero-order valence-electron chi connectivity index (χ0n) is 12.5. The van der Waals surface area contributed by atoms with Crippen LogP contribution in [0.2, 0.25) is 5.02 Å². The van der Waals surface area contributed by atoms with Gasteiger partial charge in [-0.3, -0.25) is 0 Å². The fourth-order valence-electron chi connectivity index (χ4n) is 2.06. The first-order valence-corrected chi connectivity index (χ1v) is 7.38. The first-order chi connectivity index (χ1) is 11.1. The highest BCUT2D eigenvalue weighted by atomic mass is 35.5. The summed E-state index contributed by atoms with van der Waals surface area (Å²) in [4.78, 5) is 8.27. The molecule has 3 rings (SSSR count). The van der Waals surface area contributed by atoms with Gasteiger partial charge in [0.2, 0.25) is 5.88 Å². The first kappa shape index (κ1) is 15.1. The number of halogens is 1. The van der Waals surface area contributed by atoms with Gasteiger partial charge in [-0.2, -0.15) is 4.98 Å². The molecule has 1 heterocycles. The highest BCUT2D eigenvalue weighted by Crippen LogP contribution is 2.32. The maximum Gasteiger partial charge on any atom is 0.248 e. The van der Waals surface area contributed by atoms with Gasteiger partial charge in [-0.05, 0) is 42.8 Å². The normalized spacial score (nSPS) is 10.3. The second-order valence-corrected chi connectivity index (χ2v) is 5.38. The number of nitrogens with one attached hydrogen (secondary N) is 1. The number of aromatic nitrogens is 2. The number of aryl methyl sites for hydroxylation is 1. The van der Waals surface area contributed by atoms with Crippen molar-refractivity contribution in [2.45, 2.75) is 6.92 Å². The molecule has 1 aromatic heterocycles. The van der Waals surface area contributed by atoms with Gasteiger partial charge in [-0.15, -0.1) is 0 Å². The van der Waals surface area contributed by atoms with Crippen molar-refractivity contribution in [3.05, 3.63) is 65.4 Å². The van der Waals surface area contributed by atoms with Gasteiger partial charge in [-0.1, -0.05) is 29.8 Å². The third-order valence-electron chi connectivity index (χ3n) is 3.25. The molecule has 0 saturated carbocycles. The van der Waals surface area contributed by atoms with Crippen LogP contribution in [0.4, 0.5) is 17.2 Å². The topological polar surface area (TPSA) is 73.1 Å². The van der Waals surface area contributed by atoms with E-state index in [9.17, 15) is 0 Å². The molecule has 5 nitrogen and oxygen atoms in total. The SMILES string of the molecule is Cc1cc(Cl)ccc1Nc1ncnc(Oc2ccccc2)c1N. The summed E-state index contributed by atoms with van der Waals surface area (Å²) < 4.78 is 5.70. The quantitative estimate of drug-likeness (QED) is 0.735. The fraction of sp³-hybridized carbons (Fsp3) is 0.0588. The van der Waals surface area contributed by atoms with Gasteiger partial charge < -0.3 is 15.8 Å². The molecule has 23 heavy (non-hydrogen) atoms. The van der Waals surface area contributed by atoms with Crippen LogP contribution in [0.15, 0.2) is 54.9 Å². The minimum Gasteiger partial charge on any atom is -0.437 e. The van der Waals surface area contributed by atoms with E-state index in [2.05, 4.69) is 15.3 Å².